The molecule has 0 unspecified atom stereocenters. The molecule has 29 heavy (non-hydrogen) atoms. The minimum atomic E-state index is -0.351. The van der Waals surface area contributed by atoms with E-state index in [1.807, 2.05) is 30.2 Å². The SMILES string of the molecule is Cc1nc(-c2cccnc2)ncc1C(=O)N1CCC2(CC1)OCCc1cn[nH]c12. The molecule has 1 spiro atoms. The molecule has 0 aliphatic carbocycles. The number of nitrogens with zero attached hydrogens (tertiary/aromatic N) is 5. The number of pyridine rings is 1. The number of likely N-dealkylation sites (tertiary alicyclic amines) is 1. The van der Waals surface area contributed by atoms with Crippen molar-refractivity contribution in [2.24, 2.45) is 0 Å². The van der Waals surface area contributed by atoms with Crippen LogP contribution in [-0.4, -0.2) is 55.7 Å². The van der Waals surface area contributed by atoms with Crippen LogP contribution in [0, 0.1) is 6.92 Å². The fraction of sp³-hybridized carbons (Fsp3) is 0.381. The van der Waals surface area contributed by atoms with Crippen LogP contribution in [0.4, 0.5) is 0 Å². The lowest BCUT2D eigenvalue weighted by molar-refractivity contribution is -0.0962. The number of aromatic amines is 1. The lowest BCUT2D eigenvalue weighted by Gasteiger charge is -2.43. The molecule has 5 rings (SSSR count). The average Bonchev–Trinajstić information content (AvgIpc) is 3.25. The molecule has 1 fully saturated rings. The van der Waals surface area contributed by atoms with E-state index in [0.717, 1.165) is 30.5 Å². The molecular weight excluding hydrogens is 368 g/mol. The van der Waals surface area contributed by atoms with Crippen molar-refractivity contribution in [3.63, 3.8) is 0 Å². The van der Waals surface area contributed by atoms with Crippen molar-refractivity contribution in [2.75, 3.05) is 19.7 Å². The number of rotatable bonds is 2. The Balaban J connectivity index is 1.33. The van der Waals surface area contributed by atoms with Gasteiger partial charge in [0.25, 0.3) is 5.91 Å². The monoisotopic (exact) mass is 390 g/mol. The second-order valence-electron chi connectivity index (χ2n) is 7.59. The number of aromatic nitrogens is 5. The van der Waals surface area contributed by atoms with Crippen molar-refractivity contribution in [2.45, 2.75) is 31.8 Å². The highest BCUT2D eigenvalue weighted by molar-refractivity contribution is 5.95. The van der Waals surface area contributed by atoms with Crippen LogP contribution in [0.15, 0.2) is 36.9 Å². The molecule has 0 saturated carbocycles. The van der Waals surface area contributed by atoms with Gasteiger partial charge in [0.05, 0.1) is 29.8 Å². The summed E-state index contributed by atoms with van der Waals surface area (Å²) in [6, 6.07) is 3.75. The maximum absolute atomic E-state index is 13.1. The molecule has 2 aliphatic rings. The van der Waals surface area contributed by atoms with Gasteiger partial charge in [0.2, 0.25) is 0 Å². The summed E-state index contributed by atoms with van der Waals surface area (Å²) in [5.74, 6) is 0.544. The summed E-state index contributed by atoms with van der Waals surface area (Å²) >= 11 is 0. The number of piperidine rings is 1. The van der Waals surface area contributed by atoms with Crippen LogP contribution >= 0.6 is 0 Å². The average molecular weight is 390 g/mol. The Morgan fingerprint density at radius 1 is 1.24 bits per heavy atom. The number of fused-ring (bicyclic) bond motifs is 2. The van der Waals surface area contributed by atoms with E-state index in [4.69, 9.17) is 4.74 Å². The maximum Gasteiger partial charge on any atom is 0.257 e. The van der Waals surface area contributed by atoms with E-state index < -0.39 is 0 Å². The normalized spacial score (nSPS) is 17.9. The first-order valence-electron chi connectivity index (χ1n) is 9.86. The summed E-state index contributed by atoms with van der Waals surface area (Å²) in [6.07, 6.45) is 9.33. The largest absolute Gasteiger partial charge is 0.368 e. The quantitative estimate of drug-likeness (QED) is 0.721. The van der Waals surface area contributed by atoms with Crippen molar-refractivity contribution in [1.29, 1.82) is 0 Å². The van der Waals surface area contributed by atoms with Crippen LogP contribution < -0.4 is 0 Å². The number of H-pyrrole nitrogens is 1. The second kappa shape index (κ2) is 7.04. The molecule has 8 heteroatoms. The second-order valence-corrected chi connectivity index (χ2v) is 7.59. The summed E-state index contributed by atoms with van der Waals surface area (Å²) in [4.78, 5) is 28.0. The number of ether oxygens (including phenoxy) is 1. The fourth-order valence-electron chi connectivity index (χ4n) is 4.27. The number of aryl methyl sites for hydroxylation is 1. The van der Waals surface area contributed by atoms with Crippen molar-refractivity contribution >= 4 is 5.91 Å². The Kier molecular flexibility index (Phi) is 4.35. The first-order chi connectivity index (χ1) is 14.2. The standard InChI is InChI=1S/C21H22N6O2/c1-14-17(13-23-19(25-14)16-3-2-7-22-11-16)20(28)27-8-5-21(6-9-27)18-15(4-10-29-21)12-24-26-18/h2-3,7,11-13H,4-6,8-10H2,1H3,(H,24,26). The number of carbonyl (C=O) groups is 1. The molecular formula is C21H22N6O2. The van der Waals surface area contributed by atoms with Gasteiger partial charge in [-0.1, -0.05) is 0 Å². The van der Waals surface area contributed by atoms with E-state index in [9.17, 15) is 4.79 Å². The zero-order chi connectivity index (χ0) is 19.8. The molecule has 1 N–H and O–H groups in total. The predicted octanol–water partition coefficient (Wildman–Crippen LogP) is 2.27. The van der Waals surface area contributed by atoms with Crippen molar-refractivity contribution in [3.05, 3.63) is 59.4 Å². The highest BCUT2D eigenvalue weighted by Crippen LogP contribution is 2.40. The highest BCUT2D eigenvalue weighted by atomic mass is 16.5. The summed E-state index contributed by atoms with van der Waals surface area (Å²) in [6.45, 7) is 3.80. The van der Waals surface area contributed by atoms with Crippen LogP contribution in [0.1, 0.15) is 40.2 Å². The van der Waals surface area contributed by atoms with Gasteiger partial charge in [-0.15, -0.1) is 0 Å². The van der Waals surface area contributed by atoms with Crippen LogP contribution in [0.5, 0.6) is 0 Å². The molecule has 2 aliphatic heterocycles. The van der Waals surface area contributed by atoms with E-state index in [0.29, 0.717) is 36.8 Å². The fourth-order valence-corrected chi connectivity index (χ4v) is 4.27. The van der Waals surface area contributed by atoms with Gasteiger partial charge in [-0.05, 0) is 43.9 Å². The number of hydrogen-bond donors (Lipinski definition) is 1. The number of carbonyl (C=O) groups excluding carboxylic acids is 1. The van der Waals surface area contributed by atoms with Gasteiger partial charge in [0, 0.05) is 37.2 Å². The van der Waals surface area contributed by atoms with E-state index in [1.165, 1.54) is 5.56 Å². The van der Waals surface area contributed by atoms with Gasteiger partial charge in [-0.2, -0.15) is 5.10 Å². The van der Waals surface area contributed by atoms with Gasteiger partial charge in [-0.25, -0.2) is 9.97 Å². The van der Waals surface area contributed by atoms with Crippen LogP contribution in [-0.2, 0) is 16.8 Å². The molecule has 1 amide bonds. The predicted molar refractivity (Wildman–Crippen MR) is 105 cm³/mol. The van der Waals surface area contributed by atoms with Crippen molar-refractivity contribution < 1.29 is 9.53 Å². The van der Waals surface area contributed by atoms with Gasteiger partial charge >= 0.3 is 0 Å². The van der Waals surface area contributed by atoms with Gasteiger partial charge in [0.1, 0.15) is 5.60 Å². The topological polar surface area (TPSA) is 96.9 Å². The van der Waals surface area contributed by atoms with E-state index in [1.54, 1.807) is 18.6 Å². The first-order valence-corrected chi connectivity index (χ1v) is 9.86. The lowest BCUT2D eigenvalue weighted by atomic mass is 9.83. The molecule has 148 valence electrons. The smallest absolute Gasteiger partial charge is 0.257 e. The molecule has 3 aromatic heterocycles. The Morgan fingerprint density at radius 2 is 2.10 bits per heavy atom. The first kappa shape index (κ1) is 17.9. The molecule has 3 aromatic rings. The molecule has 8 nitrogen and oxygen atoms in total. The van der Waals surface area contributed by atoms with Crippen molar-refractivity contribution in [3.8, 4) is 11.4 Å². The van der Waals surface area contributed by atoms with Crippen molar-refractivity contribution in [1.82, 2.24) is 30.0 Å². The minimum absolute atomic E-state index is 0.0317. The minimum Gasteiger partial charge on any atom is -0.368 e. The zero-order valence-electron chi connectivity index (χ0n) is 16.3. The van der Waals surface area contributed by atoms with Crippen LogP contribution in [0.25, 0.3) is 11.4 Å². The number of nitrogens with one attached hydrogen (secondary N) is 1. The summed E-state index contributed by atoms with van der Waals surface area (Å²) in [5.41, 5.74) is 4.01. The Hall–Kier alpha value is -3.13. The molecule has 0 radical (unpaired) electrons. The Morgan fingerprint density at radius 3 is 2.86 bits per heavy atom. The van der Waals surface area contributed by atoms with Crippen LogP contribution in [0.3, 0.4) is 0 Å². The van der Waals surface area contributed by atoms with Gasteiger partial charge in [-0.3, -0.25) is 14.9 Å². The highest BCUT2D eigenvalue weighted by Gasteiger charge is 2.43. The van der Waals surface area contributed by atoms with Crippen LogP contribution in [0.2, 0.25) is 0 Å². The van der Waals surface area contributed by atoms with E-state index in [2.05, 4.69) is 25.1 Å². The summed E-state index contributed by atoms with van der Waals surface area (Å²) in [7, 11) is 0. The number of hydrogen-bond acceptors (Lipinski definition) is 6. The van der Waals surface area contributed by atoms with E-state index >= 15 is 0 Å². The number of amides is 1. The lowest BCUT2D eigenvalue weighted by Crippen LogP contribution is -2.48. The molecule has 1 saturated heterocycles. The van der Waals surface area contributed by atoms with E-state index in [-0.39, 0.29) is 11.5 Å². The zero-order valence-corrected chi connectivity index (χ0v) is 16.3. The maximum atomic E-state index is 13.1. The summed E-state index contributed by atoms with van der Waals surface area (Å²) in [5, 5.41) is 7.31. The molecule has 0 bridgehead atoms. The molecule has 0 aromatic carbocycles. The van der Waals surface area contributed by atoms with Gasteiger partial charge in [0.15, 0.2) is 5.82 Å². The third-order valence-electron chi connectivity index (χ3n) is 5.91. The third-order valence-corrected chi connectivity index (χ3v) is 5.91. The third kappa shape index (κ3) is 3.09. The van der Waals surface area contributed by atoms with Gasteiger partial charge < -0.3 is 9.64 Å². The molecule has 5 heterocycles. The Bertz CT molecular complexity index is 1040. The Labute approximate surface area is 168 Å². The summed E-state index contributed by atoms with van der Waals surface area (Å²) < 4.78 is 6.17. The molecule has 0 atom stereocenters.